The Labute approximate surface area is 93.9 Å². The van der Waals surface area contributed by atoms with Crippen molar-refractivity contribution in [3.8, 4) is 0 Å². The molecule has 3 nitrogen and oxygen atoms in total. The third-order valence-corrected chi connectivity index (χ3v) is 3.49. The monoisotopic (exact) mass is 214 g/mol. The van der Waals surface area contributed by atoms with Gasteiger partial charge in [0.1, 0.15) is 0 Å². The first kappa shape index (κ1) is 12.9. The molecule has 0 amide bonds. The summed E-state index contributed by atoms with van der Waals surface area (Å²) in [5.41, 5.74) is -0.0968. The fourth-order valence-corrected chi connectivity index (χ4v) is 1.85. The van der Waals surface area contributed by atoms with Gasteiger partial charge in [0, 0.05) is 12.1 Å². The molecule has 90 valence electrons. The average molecular weight is 214 g/mol. The Morgan fingerprint density at radius 3 is 2.60 bits per heavy atom. The van der Waals surface area contributed by atoms with Crippen LogP contribution in [0, 0.1) is 5.92 Å². The van der Waals surface area contributed by atoms with E-state index in [-0.39, 0.29) is 12.1 Å². The first-order valence-corrected chi connectivity index (χ1v) is 6.08. The minimum Gasteiger partial charge on any atom is -0.394 e. The average Bonchev–Trinajstić information content (AvgIpc) is 3.01. The summed E-state index contributed by atoms with van der Waals surface area (Å²) >= 11 is 0. The molecule has 1 unspecified atom stereocenters. The largest absolute Gasteiger partial charge is 0.394 e. The van der Waals surface area contributed by atoms with Gasteiger partial charge in [-0.1, -0.05) is 0 Å². The minimum atomic E-state index is -0.0968. The van der Waals surface area contributed by atoms with Crippen LogP contribution < -0.4 is 5.32 Å². The molecule has 0 aromatic rings. The summed E-state index contributed by atoms with van der Waals surface area (Å²) in [5.74, 6) is 0.975. The van der Waals surface area contributed by atoms with Gasteiger partial charge < -0.3 is 15.3 Å². The maximum absolute atomic E-state index is 9.23. The molecule has 3 heteroatoms. The number of aliphatic hydroxyl groups is 1. The molecule has 1 aliphatic carbocycles. The highest BCUT2D eigenvalue weighted by atomic mass is 16.3. The highest BCUT2D eigenvalue weighted by molar-refractivity contribution is 4.81. The van der Waals surface area contributed by atoms with Gasteiger partial charge in [-0.2, -0.15) is 0 Å². The van der Waals surface area contributed by atoms with Crippen LogP contribution in [0.5, 0.6) is 0 Å². The fraction of sp³-hybridized carbons (Fsp3) is 1.00. The summed E-state index contributed by atoms with van der Waals surface area (Å²) in [6.45, 7) is 4.70. The van der Waals surface area contributed by atoms with E-state index in [2.05, 4.69) is 24.2 Å². The van der Waals surface area contributed by atoms with Gasteiger partial charge in [0.05, 0.1) is 6.61 Å². The lowest BCUT2D eigenvalue weighted by Crippen LogP contribution is -2.43. The van der Waals surface area contributed by atoms with Crippen molar-refractivity contribution in [2.45, 2.75) is 38.1 Å². The number of nitrogens with one attached hydrogen (secondary N) is 1. The van der Waals surface area contributed by atoms with Crippen molar-refractivity contribution in [3.05, 3.63) is 0 Å². The summed E-state index contributed by atoms with van der Waals surface area (Å²) in [5, 5.41) is 12.4. The van der Waals surface area contributed by atoms with Crippen molar-refractivity contribution in [3.63, 3.8) is 0 Å². The highest BCUT2D eigenvalue weighted by Gasteiger charge is 2.23. The molecule has 0 spiro atoms. The molecule has 1 atom stereocenters. The van der Waals surface area contributed by atoms with E-state index in [0.717, 1.165) is 25.3 Å². The van der Waals surface area contributed by atoms with Crippen LogP contribution in [0.2, 0.25) is 0 Å². The highest BCUT2D eigenvalue weighted by Crippen LogP contribution is 2.29. The Morgan fingerprint density at radius 2 is 2.13 bits per heavy atom. The van der Waals surface area contributed by atoms with Gasteiger partial charge in [0.2, 0.25) is 0 Å². The van der Waals surface area contributed by atoms with E-state index >= 15 is 0 Å². The lowest BCUT2D eigenvalue weighted by Gasteiger charge is -2.27. The number of aliphatic hydroxyl groups excluding tert-OH is 1. The van der Waals surface area contributed by atoms with Crippen molar-refractivity contribution in [2.24, 2.45) is 5.92 Å². The lowest BCUT2D eigenvalue weighted by atomic mass is 9.97. The van der Waals surface area contributed by atoms with Gasteiger partial charge in [-0.25, -0.2) is 0 Å². The predicted molar refractivity (Wildman–Crippen MR) is 64.0 cm³/mol. The van der Waals surface area contributed by atoms with Crippen molar-refractivity contribution < 1.29 is 5.11 Å². The van der Waals surface area contributed by atoms with Crippen molar-refractivity contribution in [1.82, 2.24) is 10.2 Å². The van der Waals surface area contributed by atoms with Gasteiger partial charge in [-0.05, 0) is 59.2 Å². The summed E-state index contributed by atoms with van der Waals surface area (Å²) in [6, 6.07) is 0. The molecule has 1 rings (SSSR count). The molecule has 1 fully saturated rings. The smallest absolute Gasteiger partial charge is 0.0610 e. The van der Waals surface area contributed by atoms with Crippen LogP contribution in [0.4, 0.5) is 0 Å². The molecule has 0 saturated heterocycles. The van der Waals surface area contributed by atoms with E-state index < -0.39 is 0 Å². The molecular weight excluding hydrogens is 188 g/mol. The molecule has 0 aromatic carbocycles. The Kier molecular flexibility index (Phi) is 5.03. The third-order valence-electron chi connectivity index (χ3n) is 3.49. The standard InChI is InChI=1S/C12H26N2O/c1-12(10-15,13-2)7-4-8-14(3)9-11-5-6-11/h11,13,15H,4-10H2,1-3H3. The first-order valence-electron chi connectivity index (χ1n) is 6.08. The molecule has 0 aromatic heterocycles. The number of hydrogen-bond donors (Lipinski definition) is 2. The van der Waals surface area contributed by atoms with Crippen LogP contribution >= 0.6 is 0 Å². The Bertz CT molecular complexity index is 176. The predicted octanol–water partition coefficient (Wildman–Crippen LogP) is 1.08. The van der Waals surface area contributed by atoms with Crippen molar-refractivity contribution in [1.29, 1.82) is 0 Å². The van der Waals surface area contributed by atoms with E-state index in [4.69, 9.17) is 0 Å². The van der Waals surface area contributed by atoms with Crippen LogP contribution in [-0.2, 0) is 0 Å². The molecule has 1 aliphatic rings. The second-order valence-electron chi connectivity index (χ2n) is 5.28. The zero-order valence-electron chi connectivity index (χ0n) is 10.4. The summed E-state index contributed by atoms with van der Waals surface area (Å²) < 4.78 is 0. The summed E-state index contributed by atoms with van der Waals surface area (Å²) in [4.78, 5) is 2.42. The number of nitrogens with zero attached hydrogens (tertiary/aromatic N) is 1. The Hall–Kier alpha value is -0.120. The first-order chi connectivity index (χ1) is 7.09. The Balaban J connectivity index is 2.07. The Morgan fingerprint density at radius 1 is 1.47 bits per heavy atom. The maximum Gasteiger partial charge on any atom is 0.0610 e. The zero-order chi connectivity index (χ0) is 11.3. The summed E-state index contributed by atoms with van der Waals surface area (Å²) in [6.07, 6.45) is 5.04. The van der Waals surface area contributed by atoms with Gasteiger partial charge >= 0.3 is 0 Å². The van der Waals surface area contributed by atoms with E-state index in [9.17, 15) is 5.11 Å². The molecule has 2 N–H and O–H groups in total. The van der Waals surface area contributed by atoms with Crippen LogP contribution in [0.25, 0.3) is 0 Å². The van der Waals surface area contributed by atoms with Crippen LogP contribution in [0.3, 0.4) is 0 Å². The van der Waals surface area contributed by atoms with E-state index in [1.54, 1.807) is 0 Å². The molecule has 0 aliphatic heterocycles. The molecule has 0 heterocycles. The minimum absolute atomic E-state index is 0.0968. The number of likely N-dealkylation sites (N-methyl/N-ethyl adjacent to an activating group) is 1. The van der Waals surface area contributed by atoms with Crippen LogP contribution in [0.1, 0.15) is 32.6 Å². The van der Waals surface area contributed by atoms with Crippen molar-refractivity contribution in [2.75, 3.05) is 33.8 Å². The molecule has 0 radical (unpaired) electrons. The second kappa shape index (κ2) is 5.83. The number of rotatable bonds is 8. The topological polar surface area (TPSA) is 35.5 Å². The van der Waals surface area contributed by atoms with Gasteiger partial charge in [0.25, 0.3) is 0 Å². The van der Waals surface area contributed by atoms with Crippen LogP contribution in [0.15, 0.2) is 0 Å². The molecular formula is C12H26N2O. The van der Waals surface area contributed by atoms with E-state index in [0.29, 0.717) is 0 Å². The SMILES string of the molecule is CNC(C)(CO)CCCN(C)CC1CC1. The van der Waals surface area contributed by atoms with E-state index in [1.165, 1.54) is 19.4 Å². The zero-order valence-corrected chi connectivity index (χ0v) is 10.4. The second-order valence-corrected chi connectivity index (χ2v) is 5.28. The molecule has 15 heavy (non-hydrogen) atoms. The lowest BCUT2D eigenvalue weighted by molar-refractivity contribution is 0.166. The third kappa shape index (κ3) is 4.96. The van der Waals surface area contributed by atoms with Gasteiger partial charge in [0.15, 0.2) is 0 Å². The van der Waals surface area contributed by atoms with E-state index in [1.807, 2.05) is 7.05 Å². The number of hydrogen-bond acceptors (Lipinski definition) is 3. The van der Waals surface area contributed by atoms with Gasteiger partial charge in [-0.15, -0.1) is 0 Å². The molecule has 1 saturated carbocycles. The quantitative estimate of drug-likeness (QED) is 0.634. The normalized spacial score (nSPS) is 20.6. The summed E-state index contributed by atoms with van der Waals surface area (Å²) in [7, 11) is 4.12. The fourth-order valence-electron chi connectivity index (χ4n) is 1.85. The van der Waals surface area contributed by atoms with Gasteiger partial charge in [-0.3, -0.25) is 0 Å². The molecule has 0 bridgehead atoms. The maximum atomic E-state index is 9.23. The van der Waals surface area contributed by atoms with Crippen molar-refractivity contribution >= 4 is 0 Å². The van der Waals surface area contributed by atoms with Crippen LogP contribution in [-0.4, -0.2) is 49.3 Å².